The maximum Gasteiger partial charge on any atom is 0.236 e. The highest BCUT2D eigenvalue weighted by atomic mass is 16.5. The number of para-hydroxylation sites is 1. The molecular formula is C16H17N3O3. The molecule has 1 aliphatic rings. The Labute approximate surface area is 128 Å². The van der Waals surface area contributed by atoms with Crippen molar-refractivity contribution in [2.75, 3.05) is 10.2 Å². The average Bonchev–Trinajstić information content (AvgIpc) is 3.00. The fraction of sp³-hybridized carbons (Fsp3) is 0.312. The lowest BCUT2D eigenvalue weighted by Gasteiger charge is -2.22. The van der Waals surface area contributed by atoms with E-state index in [9.17, 15) is 9.59 Å². The summed E-state index contributed by atoms with van der Waals surface area (Å²) in [6.45, 7) is 3.72. The molecule has 0 aliphatic carbocycles. The van der Waals surface area contributed by atoms with Crippen LogP contribution in [0.5, 0.6) is 0 Å². The van der Waals surface area contributed by atoms with Crippen LogP contribution in [0, 0.1) is 6.92 Å². The molecule has 6 heteroatoms. The molecule has 1 N–H and O–H groups in total. The van der Waals surface area contributed by atoms with Crippen LogP contribution in [0.25, 0.3) is 0 Å². The van der Waals surface area contributed by atoms with Gasteiger partial charge in [0.1, 0.15) is 12.2 Å². The highest BCUT2D eigenvalue weighted by molar-refractivity contribution is 6.09. The number of hydrogen-bond donors (Lipinski definition) is 1. The predicted octanol–water partition coefficient (Wildman–Crippen LogP) is 2.29. The highest BCUT2D eigenvalue weighted by Gasteiger charge is 2.31. The standard InChI is InChI=1S/C16H17N3O3/c1-10-7-12-5-3-4-6-13(12)19(10)16(21)9-15(20)17-14-8-11(2)22-18-14/h3-6,8,10H,7,9H2,1-2H3,(H,17,18,20). The van der Waals surface area contributed by atoms with E-state index in [-0.39, 0.29) is 18.4 Å². The van der Waals surface area contributed by atoms with Gasteiger partial charge in [-0.25, -0.2) is 0 Å². The number of aryl methyl sites for hydroxylation is 1. The van der Waals surface area contributed by atoms with Crippen molar-refractivity contribution in [1.82, 2.24) is 5.16 Å². The van der Waals surface area contributed by atoms with E-state index in [4.69, 9.17) is 4.52 Å². The number of carbonyl (C=O) groups excluding carboxylic acids is 2. The van der Waals surface area contributed by atoms with Crippen molar-refractivity contribution >= 4 is 23.3 Å². The number of benzene rings is 1. The predicted molar refractivity (Wildman–Crippen MR) is 81.6 cm³/mol. The summed E-state index contributed by atoms with van der Waals surface area (Å²) in [4.78, 5) is 26.1. The zero-order valence-corrected chi connectivity index (χ0v) is 12.5. The monoisotopic (exact) mass is 299 g/mol. The van der Waals surface area contributed by atoms with Gasteiger partial charge in [0.15, 0.2) is 5.82 Å². The molecule has 0 spiro atoms. The maximum atomic E-state index is 12.4. The lowest BCUT2D eigenvalue weighted by Crippen LogP contribution is -2.37. The Balaban J connectivity index is 1.68. The first-order valence-electron chi connectivity index (χ1n) is 7.17. The fourth-order valence-electron chi connectivity index (χ4n) is 2.78. The number of amides is 2. The van der Waals surface area contributed by atoms with Crippen LogP contribution in [0.1, 0.15) is 24.7 Å². The normalized spacial score (nSPS) is 16.5. The van der Waals surface area contributed by atoms with E-state index in [1.54, 1.807) is 17.9 Å². The molecular weight excluding hydrogens is 282 g/mol. The Kier molecular flexibility index (Phi) is 3.66. The first-order chi connectivity index (χ1) is 10.5. The molecule has 2 amide bonds. The number of anilines is 2. The largest absolute Gasteiger partial charge is 0.360 e. The lowest BCUT2D eigenvalue weighted by molar-refractivity contribution is -0.125. The van der Waals surface area contributed by atoms with Gasteiger partial charge in [-0.1, -0.05) is 23.4 Å². The molecule has 6 nitrogen and oxygen atoms in total. The van der Waals surface area contributed by atoms with Crippen LogP contribution in [0.2, 0.25) is 0 Å². The van der Waals surface area contributed by atoms with Gasteiger partial charge in [-0.3, -0.25) is 9.59 Å². The van der Waals surface area contributed by atoms with E-state index in [0.717, 1.165) is 17.7 Å². The summed E-state index contributed by atoms with van der Waals surface area (Å²) in [5.41, 5.74) is 2.03. The van der Waals surface area contributed by atoms with Gasteiger partial charge >= 0.3 is 0 Å². The molecule has 0 fully saturated rings. The van der Waals surface area contributed by atoms with Crippen LogP contribution in [-0.2, 0) is 16.0 Å². The number of nitrogens with one attached hydrogen (secondary N) is 1. The Hall–Kier alpha value is -2.63. The van der Waals surface area contributed by atoms with Crippen molar-refractivity contribution in [3.63, 3.8) is 0 Å². The minimum atomic E-state index is -0.394. The van der Waals surface area contributed by atoms with Crippen molar-refractivity contribution < 1.29 is 14.1 Å². The second-order valence-electron chi connectivity index (χ2n) is 5.49. The second-order valence-corrected chi connectivity index (χ2v) is 5.49. The minimum absolute atomic E-state index is 0.0620. The van der Waals surface area contributed by atoms with Gasteiger partial charge in [0.05, 0.1) is 0 Å². The van der Waals surface area contributed by atoms with E-state index >= 15 is 0 Å². The smallest absolute Gasteiger partial charge is 0.236 e. The molecule has 0 saturated carbocycles. The molecule has 3 rings (SSSR count). The maximum absolute atomic E-state index is 12.4. The number of rotatable bonds is 3. The van der Waals surface area contributed by atoms with Crippen LogP contribution >= 0.6 is 0 Å². The van der Waals surface area contributed by atoms with E-state index in [0.29, 0.717) is 11.6 Å². The summed E-state index contributed by atoms with van der Waals surface area (Å²) in [7, 11) is 0. The van der Waals surface area contributed by atoms with Gasteiger partial charge in [-0.15, -0.1) is 0 Å². The molecule has 22 heavy (non-hydrogen) atoms. The molecule has 0 bridgehead atoms. The van der Waals surface area contributed by atoms with Gasteiger partial charge < -0.3 is 14.7 Å². The zero-order chi connectivity index (χ0) is 15.7. The van der Waals surface area contributed by atoms with Crippen molar-refractivity contribution in [2.45, 2.75) is 32.7 Å². The molecule has 1 unspecified atom stereocenters. The van der Waals surface area contributed by atoms with Crippen LogP contribution in [0.3, 0.4) is 0 Å². The number of fused-ring (bicyclic) bond motifs is 1. The Morgan fingerprint density at radius 1 is 1.41 bits per heavy atom. The summed E-state index contributed by atoms with van der Waals surface area (Å²) in [6, 6.07) is 9.45. The molecule has 1 aromatic carbocycles. The van der Waals surface area contributed by atoms with Gasteiger partial charge in [-0.05, 0) is 31.9 Å². The SMILES string of the molecule is Cc1cc(NC(=O)CC(=O)N2c3ccccc3CC2C)no1. The van der Waals surface area contributed by atoms with Gasteiger partial charge in [0, 0.05) is 17.8 Å². The molecule has 1 aromatic heterocycles. The van der Waals surface area contributed by atoms with Crippen LogP contribution in [0.15, 0.2) is 34.9 Å². The summed E-state index contributed by atoms with van der Waals surface area (Å²) in [6.07, 6.45) is 0.594. The molecule has 1 atom stereocenters. The summed E-state index contributed by atoms with van der Waals surface area (Å²) >= 11 is 0. The first-order valence-corrected chi connectivity index (χ1v) is 7.17. The molecule has 2 aromatic rings. The average molecular weight is 299 g/mol. The number of carbonyl (C=O) groups is 2. The van der Waals surface area contributed by atoms with E-state index in [1.807, 2.05) is 31.2 Å². The summed E-state index contributed by atoms with van der Waals surface area (Å²) in [5, 5.41) is 6.24. The quantitative estimate of drug-likeness (QED) is 0.882. The van der Waals surface area contributed by atoms with Crippen LogP contribution in [0.4, 0.5) is 11.5 Å². The fourth-order valence-corrected chi connectivity index (χ4v) is 2.78. The Morgan fingerprint density at radius 3 is 2.91 bits per heavy atom. The second kappa shape index (κ2) is 5.63. The number of hydrogen-bond acceptors (Lipinski definition) is 4. The molecule has 1 aliphatic heterocycles. The topological polar surface area (TPSA) is 75.4 Å². The molecule has 0 saturated heterocycles. The number of aromatic nitrogens is 1. The highest BCUT2D eigenvalue weighted by Crippen LogP contribution is 2.32. The van der Waals surface area contributed by atoms with Crippen LogP contribution < -0.4 is 10.2 Å². The molecule has 2 heterocycles. The summed E-state index contributed by atoms with van der Waals surface area (Å²) < 4.78 is 4.87. The van der Waals surface area contributed by atoms with Gasteiger partial charge in [0.2, 0.25) is 11.8 Å². The first kappa shape index (κ1) is 14.3. The third kappa shape index (κ3) is 2.72. The number of nitrogens with zero attached hydrogens (tertiary/aromatic N) is 2. The van der Waals surface area contributed by atoms with Gasteiger partial charge in [0.25, 0.3) is 0 Å². The molecule has 0 radical (unpaired) electrons. The van der Waals surface area contributed by atoms with Gasteiger partial charge in [-0.2, -0.15) is 0 Å². The van der Waals surface area contributed by atoms with E-state index in [1.165, 1.54) is 0 Å². The minimum Gasteiger partial charge on any atom is -0.360 e. The van der Waals surface area contributed by atoms with Crippen LogP contribution in [-0.4, -0.2) is 23.0 Å². The summed E-state index contributed by atoms with van der Waals surface area (Å²) in [5.74, 6) is 0.318. The third-order valence-corrected chi connectivity index (χ3v) is 3.68. The van der Waals surface area contributed by atoms with E-state index < -0.39 is 5.91 Å². The third-order valence-electron chi connectivity index (χ3n) is 3.68. The van der Waals surface area contributed by atoms with Crippen molar-refractivity contribution in [3.8, 4) is 0 Å². The van der Waals surface area contributed by atoms with Crippen molar-refractivity contribution in [3.05, 3.63) is 41.7 Å². The molecule has 114 valence electrons. The van der Waals surface area contributed by atoms with E-state index in [2.05, 4.69) is 10.5 Å². The Bertz CT molecular complexity index is 723. The Morgan fingerprint density at radius 2 is 2.18 bits per heavy atom. The lowest BCUT2D eigenvalue weighted by atomic mass is 10.1. The van der Waals surface area contributed by atoms with Crippen molar-refractivity contribution in [2.24, 2.45) is 0 Å². The zero-order valence-electron chi connectivity index (χ0n) is 12.5. The van der Waals surface area contributed by atoms with Crippen molar-refractivity contribution in [1.29, 1.82) is 0 Å².